The number of anilines is 2. The van der Waals surface area contributed by atoms with Gasteiger partial charge in [0.25, 0.3) is 0 Å². The molecule has 0 spiro atoms. The highest BCUT2D eigenvalue weighted by molar-refractivity contribution is 5.25. The van der Waals surface area contributed by atoms with Gasteiger partial charge in [-0.15, -0.1) is 0 Å². The average Bonchev–Trinajstić information content (AvgIpc) is 2.26. The summed E-state index contributed by atoms with van der Waals surface area (Å²) in [5.41, 5.74) is 10.8. The smallest absolute Gasteiger partial charge is 0.368 e. The maximum atomic E-state index is 12.7. The van der Waals surface area contributed by atoms with Crippen molar-refractivity contribution in [3.8, 4) is 0 Å². The minimum absolute atomic E-state index is 0.0214. The summed E-state index contributed by atoms with van der Waals surface area (Å²) in [6.07, 6.45) is -3.49. The molecule has 0 amide bonds. The van der Waals surface area contributed by atoms with Crippen LogP contribution in [-0.4, -0.2) is 39.1 Å². The van der Waals surface area contributed by atoms with Crippen LogP contribution in [0.25, 0.3) is 0 Å². The van der Waals surface area contributed by atoms with E-state index in [4.69, 9.17) is 11.5 Å². The molecule has 1 aromatic rings. The molecule has 1 saturated heterocycles. The first-order valence-electron chi connectivity index (χ1n) is 5.89. The Morgan fingerprint density at radius 1 is 1.16 bits per heavy atom. The minimum atomic E-state index is -4.16. The van der Waals surface area contributed by atoms with E-state index >= 15 is 0 Å². The van der Waals surface area contributed by atoms with Crippen molar-refractivity contribution in [1.82, 2.24) is 19.9 Å². The molecule has 1 aliphatic rings. The van der Waals surface area contributed by atoms with Crippen LogP contribution in [0.3, 0.4) is 0 Å². The van der Waals surface area contributed by atoms with E-state index in [0.717, 1.165) is 0 Å². The summed E-state index contributed by atoms with van der Waals surface area (Å²) in [6.45, 7) is 0.733. The highest BCUT2D eigenvalue weighted by Gasteiger charge is 2.41. The normalized spacial score (nSPS) is 21.5. The number of piperidine rings is 1. The Morgan fingerprint density at radius 3 is 2.37 bits per heavy atom. The molecule has 0 saturated carbocycles. The number of nitrogens with zero attached hydrogens (tertiary/aromatic N) is 4. The lowest BCUT2D eigenvalue weighted by atomic mass is 9.97. The molecule has 6 nitrogen and oxygen atoms in total. The number of halogens is 3. The molecule has 4 N–H and O–H groups in total. The lowest BCUT2D eigenvalue weighted by Crippen LogP contribution is -2.41. The van der Waals surface area contributed by atoms with Crippen molar-refractivity contribution >= 4 is 11.9 Å². The van der Waals surface area contributed by atoms with E-state index in [0.29, 0.717) is 18.8 Å². The van der Waals surface area contributed by atoms with E-state index in [1.807, 2.05) is 0 Å². The van der Waals surface area contributed by atoms with E-state index in [1.54, 1.807) is 4.90 Å². The van der Waals surface area contributed by atoms with Crippen LogP contribution >= 0.6 is 0 Å². The summed E-state index contributed by atoms with van der Waals surface area (Å²) in [5.74, 6) is -1.04. The van der Waals surface area contributed by atoms with Crippen LogP contribution in [0.2, 0.25) is 0 Å². The van der Waals surface area contributed by atoms with Gasteiger partial charge < -0.3 is 11.5 Å². The average molecular weight is 276 g/mol. The topological polar surface area (TPSA) is 93.9 Å². The fraction of sp³-hybridized carbons (Fsp3) is 0.700. The SMILES string of the molecule is Nc1nc(N)nc(CN2CCC[C@H](C(F)(F)F)C2)n1. The molecule has 0 radical (unpaired) electrons. The third-order valence-corrected chi connectivity index (χ3v) is 3.05. The third kappa shape index (κ3) is 3.66. The number of aromatic nitrogens is 3. The van der Waals surface area contributed by atoms with E-state index in [-0.39, 0.29) is 31.4 Å². The zero-order valence-corrected chi connectivity index (χ0v) is 10.2. The zero-order valence-electron chi connectivity index (χ0n) is 10.2. The molecular formula is C10H15F3N6. The Bertz CT molecular complexity index is 429. The van der Waals surface area contributed by atoms with Crippen molar-refractivity contribution < 1.29 is 13.2 Å². The van der Waals surface area contributed by atoms with E-state index in [1.165, 1.54) is 0 Å². The molecule has 19 heavy (non-hydrogen) atoms. The Kier molecular flexibility index (Phi) is 3.74. The van der Waals surface area contributed by atoms with Crippen LogP contribution in [0.15, 0.2) is 0 Å². The standard InChI is InChI=1S/C10H15F3N6/c11-10(12,13)6-2-1-3-19(4-6)5-7-16-8(14)18-9(15)17-7/h6H,1-5H2,(H4,14,15,16,17,18)/t6-/m0/s1. The lowest BCUT2D eigenvalue weighted by molar-refractivity contribution is -0.187. The summed E-state index contributed by atoms with van der Waals surface area (Å²) in [7, 11) is 0. The van der Waals surface area contributed by atoms with Gasteiger partial charge in [-0.2, -0.15) is 28.1 Å². The van der Waals surface area contributed by atoms with Gasteiger partial charge in [0.05, 0.1) is 12.5 Å². The maximum absolute atomic E-state index is 12.7. The van der Waals surface area contributed by atoms with Crippen LogP contribution in [0.4, 0.5) is 25.1 Å². The first-order chi connectivity index (χ1) is 8.84. The predicted octanol–water partition coefficient (Wildman–Crippen LogP) is 0.810. The largest absolute Gasteiger partial charge is 0.393 e. The second kappa shape index (κ2) is 5.16. The Morgan fingerprint density at radius 2 is 1.79 bits per heavy atom. The fourth-order valence-electron chi connectivity index (χ4n) is 2.19. The molecule has 0 unspecified atom stereocenters. The van der Waals surface area contributed by atoms with Crippen molar-refractivity contribution in [2.75, 3.05) is 24.6 Å². The van der Waals surface area contributed by atoms with Crippen LogP contribution < -0.4 is 11.5 Å². The number of rotatable bonds is 2. The number of hydrogen-bond acceptors (Lipinski definition) is 6. The molecule has 9 heteroatoms. The quantitative estimate of drug-likeness (QED) is 0.830. The van der Waals surface area contributed by atoms with Gasteiger partial charge in [-0.3, -0.25) is 4.90 Å². The first-order valence-corrected chi connectivity index (χ1v) is 5.89. The van der Waals surface area contributed by atoms with Gasteiger partial charge in [-0.25, -0.2) is 0 Å². The van der Waals surface area contributed by atoms with E-state index < -0.39 is 12.1 Å². The molecule has 106 valence electrons. The predicted molar refractivity (Wildman–Crippen MR) is 62.7 cm³/mol. The van der Waals surface area contributed by atoms with Crippen LogP contribution in [0.1, 0.15) is 18.7 Å². The van der Waals surface area contributed by atoms with Gasteiger partial charge in [0.1, 0.15) is 5.82 Å². The number of nitrogens with two attached hydrogens (primary N) is 2. The molecule has 0 aromatic carbocycles. The number of likely N-dealkylation sites (tertiary alicyclic amines) is 1. The molecule has 1 aliphatic heterocycles. The molecule has 2 rings (SSSR count). The highest BCUT2D eigenvalue weighted by atomic mass is 19.4. The van der Waals surface area contributed by atoms with Crippen molar-refractivity contribution in [3.63, 3.8) is 0 Å². The summed E-state index contributed by atoms with van der Waals surface area (Å²) >= 11 is 0. The van der Waals surface area contributed by atoms with Gasteiger partial charge in [-0.1, -0.05) is 0 Å². The number of alkyl halides is 3. The second-order valence-electron chi connectivity index (χ2n) is 4.58. The molecule has 0 aliphatic carbocycles. The Balaban J connectivity index is 2.02. The molecule has 1 fully saturated rings. The Labute approximate surface area is 108 Å². The van der Waals surface area contributed by atoms with Crippen molar-refractivity contribution in [2.45, 2.75) is 25.6 Å². The van der Waals surface area contributed by atoms with Crippen molar-refractivity contribution in [2.24, 2.45) is 5.92 Å². The monoisotopic (exact) mass is 276 g/mol. The van der Waals surface area contributed by atoms with Gasteiger partial charge >= 0.3 is 6.18 Å². The third-order valence-electron chi connectivity index (χ3n) is 3.05. The molecule has 1 aromatic heterocycles. The van der Waals surface area contributed by atoms with Crippen LogP contribution in [-0.2, 0) is 6.54 Å². The van der Waals surface area contributed by atoms with Gasteiger partial charge in [0.15, 0.2) is 0 Å². The second-order valence-corrected chi connectivity index (χ2v) is 4.58. The molecular weight excluding hydrogens is 261 g/mol. The summed E-state index contributed by atoms with van der Waals surface area (Å²) in [6, 6.07) is 0. The zero-order chi connectivity index (χ0) is 14.0. The van der Waals surface area contributed by atoms with Crippen LogP contribution in [0, 0.1) is 5.92 Å². The van der Waals surface area contributed by atoms with Crippen molar-refractivity contribution in [1.29, 1.82) is 0 Å². The van der Waals surface area contributed by atoms with Gasteiger partial charge in [-0.05, 0) is 19.4 Å². The number of hydrogen-bond donors (Lipinski definition) is 2. The van der Waals surface area contributed by atoms with Crippen LogP contribution in [0.5, 0.6) is 0 Å². The molecule has 0 bridgehead atoms. The number of nitrogen functional groups attached to an aromatic ring is 2. The lowest BCUT2D eigenvalue weighted by Gasteiger charge is -2.33. The summed E-state index contributed by atoms with van der Waals surface area (Å²) < 4.78 is 38.0. The minimum Gasteiger partial charge on any atom is -0.368 e. The van der Waals surface area contributed by atoms with Gasteiger partial charge in [0.2, 0.25) is 11.9 Å². The Hall–Kier alpha value is -1.64. The molecule has 2 heterocycles. The summed E-state index contributed by atoms with van der Waals surface area (Å²) in [4.78, 5) is 13.0. The fourth-order valence-corrected chi connectivity index (χ4v) is 2.19. The summed E-state index contributed by atoms with van der Waals surface area (Å²) in [5, 5.41) is 0. The van der Waals surface area contributed by atoms with E-state index in [9.17, 15) is 13.2 Å². The highest BCUT2D eigenvalue weighted by Crippen LogP contribution is 2.33. The first kappa shape index (κ1) is 13.8. The molecule has 1 atom stereocenters. The van der Waals surface area contributed by atoms with Gasteiger partial charge in [0, 0.05) is 6.54 Å². The van der Waals surface area contributed by atoms with E-state index in [2.05, 4.69) is 15.0 Å². The van der Waals surface area contributed by atoms with Crippen molar-refractivity contribution in [3.05, 3.63) is 5.82 Å². The maximum Gasteiger partial charge on any atom is 0.393 e.